The van der Waals surface area contributed by atoms with E-state index < -0.39 is 22.2 Å². The van der Waals surface area contributed by atoms with Gasteiger partial charge < -0.3 is 9.11 Å². The van der Waals surface area contributed by atoms with Crippen LogP contribution < -0.4 is 0 Å². The fourth-order valence-corrected chi connectivity index (χ4v) is 1.41. The van der Waals surface area contributed by atoms with Gasteiger partial charge in [0, 0.05) is 0 Å². The van der Waals surface area contributed by atoms with Crippen LogP contribution in [0.5, 0.6) is 0 Å². The van der Waals surface area contributed by atoms with E-state index in [1.807, 2.05) is 0 Å². The van der Waals surface area contributed by atoms with Crippen LogP contribution in [0.1, 0.15) is 0 Å². The third-order valence-corrected chi connectivity index (χ3v) is 2.58. The average molecular weight is 230 g/mol. The Morgan fingerprint density at radius 1 is 0.846 bits per heavy atom. The topological polar surface area (TPSA) is 74.6 Å². The molecule has 1 aromatic carbocycles. The number of benzene rings is 1. The molecule has 1 rings (SSSR count). The predicted molar refractivity (Wildman–Crippen MR) is 51.7 cm³/mol. The molecule has 0 saturated carbocycles. The summed E-state index contributed by atoms with van der Waals surface area (Å²) < 4.78 is 38.1. The van der Waals surface area contributed by atoms with Gasteiger partial charge in [-0.3, -0.25) is 0 Å². The van der Waals surface area contributed by atoms with E-state index in [0.29, 0.717) is 0 Å². The number of hydrogen-bond acceptors (Lipinski definition) is 2. The van der Waals surface area contributed by atoms with Crippen molar-refractivity contribution >= 4 is 51.7 Å². The number of rotatable bonds is 2. The SMILES string of the molecule is O=S(O)c1ccc(S(=O)O)cc1.[NaH]. The summed E-state index contributed by atoms with van der Waals surface area (Å²) in [4.78, 5) is 0.424. The second-order valence-corrected chi connectivity index (χ2v) is 3.91. The summed E-state index contributed by atoms with van der Waals surface area (Å²) >= 11 is -4.06. The molecule has 1 aromatic rings. The average Bonchev–Trinajstić information content (AvgIpc) is 2.04. The zero-order valence-corrected chi connectivity index (χ0v) is 7.47. The van der Waals surface area contributed by atoms with E-state index in [2.05, 4.69) is 0 Å². The Bertz CT molecular complexity index is 291. The van der Waals surface area contributed by atoms with Crippen LogP contribution in [0, 0.1) is 0 Å². The summed E-state index contributed by atoms with van der Waals surface area (Å²) in [6.45, 7) is 0. The molecule has 2 unspecified atom stereocenters. The van der Waals surface area contributed by atoms with Crippen molar-refractivity contribution in [2.24, 2.45) is 0 Å². The molecule has 7 heteroatoms. The van der Waals surface area contributed by atoms with Crippen molar-refractivity contribution in [3.8, 4) is 0 Å². The van der Waals surface area contributed by atoms with Crippen molar-refractivity contribution < 1.29 is 17.5 Å². The molecule has 0 aliphatic rings. The molecule has 0 aromatic heterocycles. The Kier molecular flexibility index (Phi) is 6.23. The summed E-state index contributed by atoms with van der Waals surface area (Å²) in [6, 6.07) is 5.33. The summed E-state index contributed by atoms with van der Waals surface area (Å²) in [5, 5.41) is 0. The van der Waals surface area contributed by atoms with E-state index >= 15 is 0 Å². The van der Waals surface area contributed by atoms with Gasteiger partial charge in [0.05, 0.1) is 9.79 Å². The molecule has 0 radical (unpaired) electrons. The standard InChI is InChI=1S/C6H6O4S2.Na.H/c7-11(8)5-1-2-6(4-3-5)12(9)10;;/h1-4H,(H,7,8)(H,9,10);;. The zero-order valence-electron chi connectivity index (χ0n) is 5.84. The van der Waals surface area contributed by atoms with E-state index in [0.717, 1.165) is 0 Å². The first kappa shape index (κ1) is 13.4. The molecule has 0 amide bonds. The van der Waals surface area contributed by atoms with E-state index in [4.69, 9.17) is 9.11 Å². The second kappa shape index (κ2) is 6.02. The van der Waals surface area contributed by atoms with Crippen LogP contribution in [0.3, 0.4) is 0 Å². The van der Waals surface area contributed by atoms with Crippen molar-refractivity contribution in [1.82, 2.24) is 0 Å². The maximum atomic E-state index is 10.5. The zero-order chi connectivity index (χ0) is 9.14. The van der Waals surface area contributed by atoms with Gasteiger partial charge in [-0.05, 0) is 24.3 Å². The van der Waals surface area contributed by atoms with Crippen molar-refractivity contribution in [2.75, 3.05) is 0 Å². The Balaban J connectivity index is 0.00000144. The van der Waals surface area contributed by atoms with Crippen LogP contribution in [0.15, 0.2) is 34.1 Å². The van der Waals surface area contributed by atoms with Gasteiger partial charge in [-0.2, -0.15) is 0 Å². The predicted octanol–water partition coefficient (Wildman–Crippen LogP) is 0.199. The molecule has 0 aliphatic heterocycles. The molecule has 13 heavy (non-hydrogen) atoms. The summed E-state index contributed by atoms with van der Waals surface area (Å²) in [7, 11) is 0. The second-order valence-electron chi connectivity index (χ2n) is 1.97. The quantitative estimate of drug-likeness (QED) is 0.562. The molecule has 0 bridgehead atoms. The molecule has 2 N–H and O–H groups in total. The molecule has 2 atom stereocenters. The third kappa shape index (κ3) is 3.99. The Hall–Kier alpha value is 0.440. The molecule has 0 saturated heterocycles. The molecule has 0 heterocycles. The maximum absolute atomic E-state index is 10.5. The monoisotopic (exact) mass is 230 g/mol. The Labute approximate surface area is 103 Å². The van der Waals surface area contributed by atoms with Gasteiger partial charge in [0.1, 0.15) is 0 Å². The fourth-order valence-electron chi connectivity index (χ4n) is 0.672. The van der Waals surface area contributed by atoms with Gasteiger partial charge in [-0.15, -0.1) is 0 Å². The molecule has 0 spiro atoms. The van der Waals surface area contributed by atoms with Gasteiger partial charge in [-0.25, -0.2) is 8.42 Å². The van der Waals surface area contributed by atoms with Crippen molar-refractivity contribution in [3.63, 3.8) is 0 Å². The van der Waals surface area contributed by atoms with Crippen LogP contribution in [-0.2, 0) is 22.2 Å². The van der Waals surface area contributed by atoms with Gasteiger partial charge in [0.15, 0.2) is 22.2 Å². The first-order chi connectivity index (χ1) is 5.61. The van der Waals surface area contributed by atoms with Crippen LogP contribution in [-0.4, -0.2) is 47.1 Å². The Morgan fingerprint density at radius 2 is 1.08 bits per heavy atom. The summed E-state index contributed by atoms with van der Waals surface area (Å²) in [5.41, 5.74) is 0. The number of hydrogen-bond donors (Lipinski definition) is 2. The van der Waals surface area contributed by atoms with Crippen LogP contribution in [0.25, 0.3) is 0 Å². The van der Waals surface area contributed by atoms with Crippen LogP contribution >= 0.6 is 0 Å². The normalized spacial score (nSPS) is 14.3. The van der Waals surface area contributed by atoms with E-state index in [-0.39, 0.29) is 39.3 Å². The van der Waals surface area contributed by atoms with Crippen LogP contribution in [0.4, 0.5) is 0 Å². The van der Waals surface area contributed by atoms with Gasteiger partial charge in [0.2, 0.25) is 0 Å². The Morgan fingerprint density at radius 3 is 1.23 bits per heavy atom. The van der Waals surface area contributed by atoms with Crippen molar-refractivity contribution in [3.05, 3.63) is 24.3 Å². The van der Waals surface area contributed by atoms with Gasteiger partial charge in [0.25, 0.3) is 0 Å². The van der Waals surface area contributed by atoms with Crippen molar-refractivity contribution in [1.29, 1.82) is 0 Å². The van der Waals surface area contributed by atoms with Gasteiger partial charge >= 0.3 is 29.6 Å². The first-order valence-corrected chi connectivity index (χ1v) is 5.14. The van der Waals surface area contributed by atoms with E-state index in [9.17, 15) is 8.42 Å². The van der Waals surface area contributed by atoms with Crippen LogP contribution in [0.2, 0.25) is 0 Å². The molecule has 68 valence electrons. The van der Waals surface area contributed by atoms with E-state index in [1.54, 1.807) is 0 Å². The molecular formula is C6H7NaO4S2. The summed E-state index contributed by atoms with van der Waals surface area (Å²) in [6.07, 6.45) is 0. The van der Waals surface area contributed by atoms with E-state index in [1.165, 1.54) is 24.3 Å². The minimum absolute atomic E-state index is 0. The molecular weight excluding hydrogens is 223 g/mol. The molecule has 0 aliphatic carbocycles. The molecule has 0 fully saturated rings. The minimum atomic E-state index is -2.03. The summed E-state index contributed by atoms with van der Waals surface area (Å²) in [5.74, 6) is 0. The third-order valence-electron chi connectivity index (χ3n) is 1.23. The first-order valence-electron chi connectivity index (χ1n) is 2.93. The fraction of sp³-hybridized carbons (Fsp3) is 0. The molecule has 4 nitrogen and oxygen atoms in total. The van der Waals surface area contributed by atoms with Gasteiger partial charge in [-0.1, -0.05) is 0 Å². The van der Waals surface area contributed by atoms with Crippen molar-refractivity contribution in [2.45, 2.75) is 9.79 Å².